The van der Waals surface area contributed by atoms with Gasteiger partial charge in [0.05, 0.1) is 6.33 Å². The zero-order chi connectivity index (χ0) is 19.9. The average molecular weight is 424 g/mol. The van der Waals surface area contributed by atoms with Crippen LogP contribution in [0.25, 0.3) is 11.2 Å². The number of hydrogen-bond donors (Lipinski definition) is 5. The smallest absolute Gasteiger partial charge is 0.336 e. The quantitative estimate of drug-likeness (QED) is 0.209. The molecule has 0 spiro atoms. The molecule has 4 atom stereocenters. The van der Waals surface area contributed by atoms with Gasteiger partial charge in [-0.25, -0.2) is 4.98 Å². The summed E-state index contributed by atoms with van der Waals surface area (Å²) in [5.74, 6) is -1.16. The fourth-order valence-electron chi connectivity index (χ4n) is 2.58. The molecule has 1 unspecified atom stereocenters. The Morgan fingerprint density at radius 3 is 2.74 bits per heavy atom. The van der Waals surface area contributed by atoms with E-state index in [1.807, 2.05) is 0 Å². The second-order valence-electron chi connectivity index (χ2n) is 5.75. The van der Waals surface area contributed by atoms with E-state index in [0.29, 0.717) is 0 Å². The van der Waals surface area contributed by atoms with Crippen LogP contribution in [0.4, 0.5) is 5.82 Å². The molecular formula is C12H15ClN5O8P. The lowest BCUT2D eigenvalue weighted by Crippen LogP contribution is -2.34. The molecule has 1 aliphatic rings. The molecule has 1 fully saturated rings. The number of anilines is 1. The number of aromatic nitrogens is 4. The first-order valence-corrected chi connectivity index (χ1v) is 9.61. The minimum atomic E-state index is -4.58. The van der Waals surface area contributed by atoms with E-state index in [0.717, 1.165) is 0 Å². The van der Waals surface area contributed by atoms with Crippen molar-refractivity contribution < 1.29 is 38.8 Å². The van der Waals surface area contributed by atoms with Crippen molar-refractivity contribution >= 4 is 42.1 Å². The lowest BCUT2D eigenvalue weighted by Gasteiger charge is -2.16. The van der Waals surface area contributed by atoms with E-state index >= 15 is 0 Å². The number of carbonyl (C=O) groups excluding carboxylic acids is 1. The molecule has 1 saturated heterocycles. The van der Waals surface area contributed by atoms with Gasteiger partial charge >= 0.3 is 13.6 Å². The van der Waals surface area contributed by atoms with E-state index in [2.05, 4.69) is 15.0 Å². The molecule has 2 aromatic heterocycles. The Bertz CT molecular complexity index is 919. The van der Waals surface area contributed by atoms with Crippen molar-refractivity contribution in [2.75, 3.05) is 18.5 Å². The summed E-state index contributed by atoms with van der Waals surface area (Å²) in [5.41, 5.74) is 6.07. The molecule has 13 nitrogen and oxygen atoms in total. The summed E-state index contributed by atoms with van der Waals surface area (Å²) >= 11 is 5.77. The zero-order valence-corrected chi connectivity index (χ0v) is 15.1. The van der Waals surface area contributed by atoms with Crippen LogP contribution >= 0.6 is 19.2 Å². The first-order chi connectivity index (χ1) is 12.6. The van der Waals surface area contributed by atoms with Gasteiger partial charge in [-0.05, 0) is 11.6 Å². The van der Waals surface area contributed by atoms with Crippen LogP contribution in [0.2, 0.25) is 5.28 Å². The predicted octanol–water partition coefficient (Wildman–Crippen LogP) is -1.60. The topological polar surface area (TPSA) is 203 Å². The van der Waals surface area contributed by atoms with Crippen LogP contribution in [-0.2, 0) is 18.8 Å². The van der Waals surface area contributed by atoms with Gasteiger partial charge in [0.1, 0.15) is 36.6 Å². The van der Waals surface area contributed by atoms with Crippen LogP contribution in [0.5, 0.6) is 0 Å². The lowest BCUT2D eigenvalue weighted by molar-refractivity contribution is -0.147. The molecule has 3 heterocycles. The van der Waals surface area contributed by atoms with Gasteiger partial charge in [0.25, 0.3) is 0 Å². The molecule has 0 bridgehead atoms. The molecular weight excluding hydrogens is 409 g/mol. The molecule has 0 radical (unpaired) electrons. The molecule has 1 aliphatic heterocycles. The second-order valence-corrected chi connectivity index (χ2v) is 7.74. The normalized spacial score (nSPS) is 25.8. The number of aliphatic hydroxyl groups excluding tert-OH is 2. The Labute approximate surface area is 155 Å². The van der Waals surface area contributed by atoms with Gasteiger partial charge in [0.15, 0.2) is 17.7 Å². The van der Waals surface area contributed by atoms with Gasteiger partial charge in [-0.15, -0.1) is 0 Å². The number of aliphatic hydroxyl groups is 2. The van der Waals surface area contributed by atoms with E-state index in [-0.39, 0.29) is 22.3 Å². The maximum atomic E-state index is 11.4. The number of nitrogens with zero attached hydrogens (tertiary/aromatic N) is 4. The molecule has 27 heavy (non-hydrogen) atoms. The third-order valence-corrected chi connectivity index (χ3v) is 4.62. The average Bonchev–Trinajstić information content (AvgIpc) is 3.07. The van der Waals surface area contributed by atoms with Crippen molar-refractivity contribution in [3.8, 4) is 0 Å². The van der Waals surface area contributed by atoms with E-state index < -0.39 is 50.9 Å². The third-order valence-electron chi connectivity index (χ3n) is 3.78. The number of ether oxygens (including phenoxy) is 2. The summed E-state index contributed by atoms with van der Waals surface area (Å²) in [4.78, 5) is 40.6. The Balaban J connectivity index is 1.76. The maximum absolute atomic E-state index is 11.4. The Kier molecular flexibility index (Phi) is 5.36. The monoisotopic (exact) mass is 423 g/mol. The number of esters is 1. The van der Waals surface area contributed by atoms with E-state index in [1.165, 1.54) is 10.9 Å². The van der Waals surface area contributed by atoms with Crippen LogP contribution in [0.15, 0.2) is 6.33 Å². The van der Waals surface area contributed by atoms with Gasteiger partial charge in [-0.2, -0.15) is 9.97 Å². The fourth-order valence-corrected chi connectivity index (χ4v) is 3.18. The van der Waals surface area contributed by atoms with Crippen LogP contribution in [0.3, 0.4) is 0 Å². The highest BCUT2D eigenvalue weighted by atomic mass is 35.5. The van der Waals surface area contributed by atoms with Crippen LogP contribution in [0.1, 0.15) is 6.23 Å². The maximum Gasteiger partial charge on any atom is 0.336 e. The number of rotatable bonds is 5. The van der Waals surface area contributed by atoms with Crippen LogP contribution in [0, 0.1) is 0 Å². The fraction of sp³-hybridized carbons (Fsp3) is 0.500. The predicted molar refractivity (Wildman–Crippen MR) is 88.5 cm³/mol. The Hall–Kier alpha value is -1.86. The van der Waals surface area contributed by atoms with Crippen molar-refractivity contribution in [2.45, 2.75) is 24.5 Å². The molecule has 0 aromatic carbocycles. The third kappa shape index (κ3) is 4.19. The van der Waals surface area contributed by atoms with Gasteiger partial charge in [-0.3, -0.25) is 13.9 Å². The van der Waals surface area contributed by atoms with Gasteiger partial charge in [0.2, 0.25) is 5.28 Å². The standard InChI is InChI=1S/C12H15ClN5O8P/c13-12-16-9(14)6-10(17-12)18(3-15-6)11-8(21)7(20)4(26-11)1-25-5(19)2-27(22,23)24/h3-4,7-8,11,20-21H,1-2H2,(H2,14,16,17)(H2,22,23,24)/t4-,7+,8?,11-/m1/s1. The number of fused-ring (bicyclic) bond motifs is 1. The molecule has 0 amide bonds. The highest BCUT2D eigenvalue weighted by Crippen LogP contribution is 2.35. The minimum Gasteiger partial charge on any atom is -0.462 e. The molecule has 0 saturated carbocycles. The number of nitrogen functional groups attached to an aromatic ring is 1. The zero-order valence-electron chi connectivity index (χ0n) is 13.4. The first-order valence-electron chi connectivity index (χ1n) is 7.44. The minimum absolute atomic E-state index is 0.0136. The Morgan fingerprint density at radius 2 is 2.07 bits per heavy atom. The summed E-state index contributed by atoms with van der Waals surface area (Å²) in [5, 5.41) is 20.2. The number of halogens is 1. The summed E-state index contributed by atoms with van der Waals surface area (Å²) in [7, 11) is -4.58. The molecule has 6 N–H and O–H groups in total. The highest BCUT2D eigenvalue weighted by molar-refractivity contribution is 7.52. The van der Waals surface area contributed by atoms with E-state index in [1.54, 1.807) is 0 Å². The Morgan fingerprint density at radius 1 is 1.37 bits per heavy atom. The highest BCUT2D eigenvalue weighted by Gasteiger charge is 2.45. The SMILES string of the molecule is Nc1nc(Cl)nc2c1ncn2[C@@H]1O[C@H](COC(=O)CP(=O)(O)O)[C@H](O)C1O. The van der Waals surface area contributed by atoms with Crippen molar-refractivity contribution in [1.29, 1.82) is 0 Å². The van der Waals surface area contributed by atoms with E-state index in [4.69, 9.17) is 36.6 Å². The molecule has 2 aromatic rings. The van der Waals surface area contributed by atoms with Gasteiger partial charge in [0, 0.05) is 0 Å². The van der Waals surface area contributed by atoms with E-state index in [9.17, 15) is 19.6 Å². The summed E-state index contributed by atoms with van der Waals surface area (Å²) < 4.78 is 22.3. The van der Waals surface area contributed by atoms with Crippen molar-refractivity contribution in [1.82, 2.24) is 19.5 Å². The molecule has 3 rings (SSSR count). The second kappa shape index (κ2) is 7.28. The van der Waals surface area contributed by atoms with Gasteiger partial charge < -0.3 is 35.2 Å². The molecule has 148 valence electrons. The van der Waals surface area contributed by atoms with Crippen molar-refractivity contribution in [2.24, 2.45) is 0 Å². The van der Waals surface area contributed by atoms with Crippen LogP contribution in [-0.4, -0.2) is 76.6 Å². The number of imidazole rings is 1. The van der Waals surface area contributed by atoms with Gasteiger partial charge in [-0.1, -0.05) is 0 Å². The lowest BCUT2D eigenvalue weighted by atomic mass is 10.1. The van der Waals surface area contributed by atoms with Crippen LogP contribution < -0.4 is 5.73 Å². The number of hydrogen-bond acceptors (Lipinski definition) is 10. The number of carbonyl (C=O) groups is 1. The summed E-state index contributed by atoms with van der Waals surface area (Å²) in [6, 6.07) is 0. The first kappa shape index (κ1) is 19.9. The largest absolute Gasteiger partial charge is 0.462 e. The molecule has 0 aliphatic carbocycles. The summed E-state index contributed by atoms with van der Waals surface area (Å²) in [6.45, 7) is -0.530. The number of nitrogens with two attached hydrogens (primary N) is 1. The summed E-state index contributed by atoms with van der Waals surface area (Å²) in [6.07, 6.45) is -5.05. The molecule has 15 heteroatoms. The van der Waals surface area contributed by atoms with Crippen molar-refractivity contribution in [3.05, 3.63) is 11.6 Å². The van der Waals surface area contributed by atoms with Crippen molar-refractivity contribution in [3.63, 3.8) is 0 Å².